The van der Waals surface area contributed by atoms with Crippen LogP contribution in [0.5, 0.6) is 0 Å². The van der Waals surface area contributed by atoms with Crippen molar-refractivity contribution in [3.8, 4) is 16.4 Å². The van der Waals surface area contributed by atoms with Gasteiger partial charge in [-0.25, -0.2) is 14.1 Å². The summed E-state index contributed by atoms with van der Waals surface area (Å²) >= 11 is 1.52. The number of hydrogen-bond donors (Lipinski definition) is 1. The van der Waals surface area contributed by atoms with Gasteiger partial charge in [-0.3, -0.25) is 4.79 Å². The van der Waals surface area contributed by atoms with Gasteiger partial charge < -0.3 is 10.2 Å². The molecule has 1 aromatic carbocycles. The third-order valence-electron chi connectivity index (χ3n) is 4.81. The predicted molar refractivity (Wildman–Crippen MR) is 107 cm³/mol. The Balaban J connectivity index is 1.74. The Kier molecular flexibility index (Phi) is 5.50. The van der Waals surface area contributed by atoms with Gasteiger partial charge in [0.1, 0.15) is 5.82 Å². The smallest absolute Gasteiger partial charge is 0.293 e. The predicted octanol–water partition coefficient (Wildman–Crippen LogP) is 3.35. The van der Waals surface area contributed by atoms with Crippen molar-refractivity contribution in [3.63, 3.8) is 0 Å². The number of halogens is 1. The van der Waals surface area contributed by atoms with Crippen molar-refractivity contribution in [3.05, 3.63) is 53.4 Å². The summed E-state index contributed by atoms with van der Waals surface area (Å²) in [5.41, 5.74) is 0.668. The molecule has 1 atom stereocenters. The summed E-state index contributed by atoms with van der Waals surface area (Å²) in [5, 5.41) is 9.79. The van der Waals surface area contributed by atoms with Crippen LogP contribution in [0, 0.1) is 5.82 Å². The summed E-state index contributed by atoms with van der Waals surface area (Å²) in [6, 6.07) is 10.1. The quantitative estimate of drug-likeness (QED) is 0.691. The molecular formula is C20H22FN5OS. The van der Waals surface area contributed by atoms with Crippen LogP contribution in [0.1, 0.15) is 30.4 Å². The molecular weight excluding hydrogens is 377 g/mol. The molecule has 1 fully saturated rings. The SMILES string of the molecule is CCCN(C(=O)c1nc(-c2cccs2)n(-c2ccc(F)cc2)n1)C1CCNC1. The van der Waals surface area contributed by atoms with Crippen LogP contribution >= 0.6 is 11.3 Å². The van der Waals surface area contributed by atoms with Crippen LogP contribution in [0.4, 0.5) is 4.39 Å². The van der Waals surface area contributed by atoms with Gasteiger partial charge in [-0.2, -0.15) is 0 Å². The van der Waals surface area contributed by atoms with E-state index in [0.29, 0.717) is 18.1 Å². The van der Waals surface area contributed by atoms with Crippen molar-refractivity contribution in [1.82, 2.24) is 25.0 Å². The normalized spacial score (nSPS) is 16.4. The molecule has 4 rings (SSSR count). The molecule has 1 aliphatic rings. The topological polar surface area (TPSA) is 63.1 Å². The van der Waals surface area contributed by atoms with Crippen molar-refractivity contribution >= 4 is 17.2 Å². The first kappa shape index (κ1) is 18.8. The highest BCUT2D eigenvalue weighted by atomic mass is 32.1. The van der Waals surface area contributed by atoms with Crippen LogP contribution in [0.25, 0.3) is 16.4 Å². The van der Waals surface area contributed by atoms with Crippen molar-refractivity contribution in [2.24, 2.45) is 0 Å². The summed E-state index contributed by atoms with van der Waals surface area (Å²) in [6.07, 6.45) is 1.81. The lowest BCUT2D eigenvalue weighted by Gasteiger charge is -2.26. The van der Waals surface area contributed by atoms with Crippen molar-refractivity contribution in [1.29, 1.82) is 0 Å². The van der Waals surface area contributed by atoms with Crippen LogP contribution < -0.4 is 5.32 Å². The fraction of sp³-hybridized carbons (Fsp3) is 0.350. The van der Waals surface area contributed by atoms with Crippen molar-refractivity contribution in [2.45, 2.75) is 25.8 Å². The fourth-order valence-corrected chi connectivity index (χ4v) is 4.15. The Morgan fingerprint density at radius 2 is 2.18 bits per heavy atom. The number of nitrogens with zero attached hydrogens (tertiary/aromatic N) is 4. The Morgan fingerprint density at radius 1 is 1.36 bits per heavy atom. The maximum atomic E-state index is 13.4. The number of carbonyl (C=O) groups excluding carboxylic acids is 1. The minimum atomic E-state index is -0.319. The monoisotopic (exact) mass is 399 g/mol. The van der Waals surface area contributed by atoms with Crippen molar-refractivity contribution in [2.75, 3.05) is 19.6 Å². The average molecular weight is 399 g/mol. The molecule has 0 bridgehead atoms. The zero-order chi connectivity index (χ0) is 19.5. The Bertz CT molecular complexity index is 932. The number of thiophene rings is 1. The van der Waals surface area contributed by atoms with E-state index in [0.717, 1.165) is 30.8 Å². The summed E-state index contributed by atoms with van der Waals surface area (Å²) in [6.45, 7) is 4.44. The first-order valence-corrected chi connectivity index (χ1v) is 10.3. The Morgan fingerprint density at radius 3 is 2.82 bits per heavy atom. The molecule has 0 spiro atoms. The molecule has 8 heteroatoms. The lowest BCUT2D eigenvalue weighted by molar-refractivity contribution is 0.0679. The fourth-order valence-electron chi connectivity index (χ4n) is 3.46. The lowest BCUT2D eigenvalue weighted by Crippen LogP contribution is -2.42. The summed E-state index contributed by atoms with van der Waals surface area (Å²) in [4.78, 5) is 20.6. The number of aromatic nitrogens is 3. The van der Waals surface area contributed by atoms with Gasteiger partial charge in [0, 0.05) is 19.1 Å². The van der Waals surface area contributed by atoms with E-state index in [4.69, 9.17) is 0 Å². The number of hydrogen-bond acceptors (Lipinski definition) is 5. The van der Waals surface area contributed by atoms with Gasteiger partial charge >= 0.3 is 0 Å². The van der Waals surface area contributed by atoms with Gasteiger partial charge in [-0.15, -0.1) is 16.4 Å². The first-order chi connectivity index (χ1) is 13.7. The van der Waals surface area contributed by atoms with Gasteiger partial charge in [-0.1, -0.05) is 13.0 Å². The second-order valence-corrected chi connectivity index (χ2v) is 7.72. The highest BCUT2D eigenvalue weighted by Crippen LogP contribution is 2.26. The molecule has 28 heavy (non-hydrogen) atoms. The lowest BCUT2D eigenvalue weighted by atomic mass is 10.2. The van der Waals surface area contributed by atoms with Crippen molar-refractivity contribution < 1.29 is 9.18 Å². The zero-order valence-corrected chi connectivity index (χ0v) is 16.5. The van der Waals surface area contributed by atoms with E-state index >= 15 is 0 Å². The average Bonchev–Trinajstić information content (AvgIpc) is 3.47. The molecule has 146 valence electrons. The maximum Gasteiger partial charge on any atom is 0.293 e. The zero-order valence-electron chi connectivity index (χ0n) is 15.6. The van der Waals surface area contributed by atoms with E-state index in [2.05, 4.69) is 22.3 Å². The van der Waals surface area contributed by atoms with Gasteiger partial charge in [-0.05, 0) is 55.1 Å². The number of nitrogens with one attached hydrogen (secondary N) is 1. The van der Waals surface area contributed by atoms with E-state index in [-0.39, 0.29) is 23.6 Å². The van der Waals surface area contributed by atoms with Gasteiger partial charge in [0.05, 0.1) is 10.6 Å². The molecule has 6 nitrogen and oxygen atoms in total. The molecule has 0 aliphatic carbocycles. The standard InChI is InChI=1S/C20H22FN5OS/c1-2-11-25(16-9-10-22-13-16)20(27)18-23-19(17-4-3-12-28-17)26(24-18)15-7-5-14(21)6-8-15/h3-8,12,16,22H,2,9-11,13H2,1H3. The van der Waals surface area contributed by atoms with Crippen LogP contribution in [-0.2, 0) is 0 Å². The molecule has 2 aromatic heterocycles. The highest BCUT2D eigenvalue weighted by molar-refractivity contribution is 7.13. The second-order valence-electron chi connectivity index (χ2n) is 6.77. The van der Waals surface area contributed by atoms with E-state index < -0.39 is 0 Å². The van der Waals surface area contributed by atoms with Gasteiger partial charge in [0.25, 0.3) is 5.91 Å². The summed E-state index contributed by atoms with van der Waals surface area (Å²) in [5.74, 6) is 0.286. The third kappa shape index (κ3) is 3.70. The molecule has 1 aliphatic heterocycles. The van der Waals surface area contributed by atoms with E-state index in [9.17, 15) is 9.18 Å². The second kappa shape index (κ2) is 8.20. The molecule has 0 radical (unpaired) electrons. The maximum absolute atomic E-state index is 13.4. The molecule has 1 amide bonds. The Labute approximate surface area is 167 Å². The van der Waals surface area contributed by atoms with Crippen LogP contribution in [0.15, 0.2) is 41.8 Å². The molecule has 1 saturated heterocycles. The molecule has 0 saturated carbocycles. The first-order valence-electron chi connectivity index (χ1n) is 9.46. The number of rotatable bonds is 6. The molecule has 1 N–H and O–H groups in total. The molecule has 1 unspecified atom stereocenters. The third-order valence-corrected chi connectivity index (χ3v) is 5.68. The summed E-state index contributed by atoms with van der Waals surface area (Å²) < 4.78 is 15.0. The van der Waals surface area contributed by atoms with Crippen LogP contribution in [0.3, 0.4) is 0 Å². The largest absolute Gasteiger partial charge is 0.332 e. The summed E-state index contributed by atoms with van der Waals surface area (Å²) in [7, 11) is 0. The number of amides is 1. The van der Waals surface area contributed by atoms with Gasteiger partial charge in [0.2, 0.25) is 5.82 Å². The van der Waals surface area contributed by atoms with Gasteiger partial charge in [0.15, 0.2) is 5.82 Å². The minimum Gasteiger partial charge on any atom is -0.332 e. The van der Waals surface area contributed by atoms with E-state index in [1.807, 2.05) is 22.4 Å². The Hall–Kier alpha value is -2.58. The van der Waals surface area contributed by atoms with Crippen LogP contribution in [0.2, 0.25) is 0 Å². The highest BCUT2D eigenvalue weighted by Gasteiger charge is 2.30. The number of benzene rings is 1. The number of carbonyl (C=O) groups is 1. The van der Waals surface area contributed by atoms with E-state index in [1.54, 1.807) is 16.8 Å². The van der Waals surface area contributed by atoms with E-state index in [1.165, 1.54) is 23.5 Å². The van der Waals surface area contributed by atoms with Crippen LogP contribution in [-0.4, -0.2) is 51.2 Å². The molecule has 3 aromatic rings. The minimum absolute atomic E-state index is 0.158. The molecule has 3 heterocycles.